The van der Waals surface area contributed by atoms with E-state index in [9.17, 15) is 24.3 Å². The van der Waals surface area contributed by atoms with Crippen molar-refractivity contribution in [3.05, 3.63) is 102 Å². The van der Waals surface area contributed by atoms with Gasteiger partial charge in [0.25, 0.3) is 17.4 Å². The number of nitrogens with zero attached hydrogens (tertiary/aromatic N) is 3. The van der Waals surface area contributed by atoms with E-state index in [1.165, 1.54) is 0 Å². The molecule has 34 heavy (non-hydrogen) atoms. The Kier molecular flexibility index (Phi) is 5.02. The number of carbonyl (C=O) groups excluding carboxylic acids is 2. The number of halogens is 1. The lowest BCUT2D eigenvalue weighted by atomic mass is 9.95. The summed E-state index contributed by atoms with van der Waals surface area (Å²) in [5.74, 6) is -2.04. The first-order valence-electron chi connectivity index (χ1n) is 10.1. The van der Waals surface area contributed by atoms with E-state index in [0.717, 1.165) is 20.8 Å². The van der Waals surface area contributed by atoms with Gasteiger partial charge in [0, 0.05) is 9.86 Å². The van der Waals surface area contributed by atoms with Crippen LogP contribution in [-0.4, -0.2) is 37.7 Å². The Morgan fingerprint density at radius 2 is 1.68 bits per heavy atom. The molecule has 3 aromatic carbocycles. The van der Waals surface area contributed by atoms with E-state index >= 15 is 0 Å². The van der Waals surface area contributed by atoms with Gasteiger partial charge in [-0.2, -0.15) is 10.1 Å². The van der Waals surface area contributed by atoms with Gasteiger partial charge in [0.1, 0.15) is 5.56 Å². The summed E-state index contributed by atoms with van der Waals surface area (Å²) in [7, 11) is 0. The molecule has 1 aliphatic heterocycles. The van der Waals surface area contributed by atoms with E-state index < -0.39 is 28.9 Å². The van der Waals surface area contributed by atoms with Crippen LogP contribution >= 0.6 is 15.9 Å². The molecule has 0 spiro atoms. The minimum Gasteiger partial charge on any atom is -0.493 e. The second-order valence-electron chi connectivity index (χ2n) is 7.66. The van der Waals surface area contributed by atoms with Gasteiger partial charge in [-0.1, -0.05) is 40.2 Å². The van der Waals surface area contributed by atoms with Crippen LogP contribution in [0.2, 0.25) is 0 Å². The van der Waals surface area contributed by atoms with Crippen LogP contribution in [0, 0.1) is 6.92 Å². The number of aromatic nitrogens is 2. The molecule has 0 unspecified atom stereocenters. The third-order valence-corrected chi connectivity index (χ3v) is 6.21. The van der Waals surface area contributed by atoms with E-state index in [1.54, 1.807) is 48.5 Å². The van der Waals surface area contributed by atoms with Gasteiger partial charge in [0.2, 0.25) is 5.88 Å². The zero-order chi connectivity index (χ0) is 24.1. The number of aromatic amines is 1. The molecule has 2 amide bonds. The van der Waals surface area contributed by atoms with Crippen molar-refractivity contribution in [3.63, 3.8) is 0 Å². The number of aryl methyl sites for hydroxylation is 1. The lowest BCUT2D eigenvalue weighted by molar-refractivity contribution is 0.0616. The standard InChI is InChI=1S/C24H15BrN4O5/c1-12-4-2-5-13(10-12)28-21(31)17(20(30)27-24(28)34)11-26-29-22(32)15-7-3-6-14-18(25)9-8-16(19(14)15)23(29)33/h2-11,31H,1H3,(H,27,30,34)/b26-11+. The highest BCUT2D eigenvalue weighted by Crippen LogP contribution is 2.34. The van der Waals surface area contributed by atoms with E-state index in [-0.39, 0.29) is 16.7 Å². The van der Waals surface area contributed by atoms with Gasteiger partial charge in [0.05, 0.1) is 23.0 Å². The summed E-state index contributed by atoms with van der Waals surface area (Å²) in [6, 6.07) is 15.1. The second kappa shape index (κ2) is 7.92. The molecule has 168 valence electrons. The summed E-state index contributed by atoms with van der Waals surface area (Å²) in [6.45, 7) is 1.81. The van der Waals surface area contributed by atoms with Crippen LogP contribution in [0.25, 0.3) is 16.5 Å². The molecule has 2 N–H and O–H groups in total. The number of H-pyrrole nitrogens is 1. The maximum Gasteiger partial charge on any atom is 0.335 e. The van der Waals surface area contributed by atoms with Crippen LogP contribution in [0.15, 0.2) is 73.8 Å². The Morgan fingerprint density at radius 1 is 0.971 bits per heavy atom. The average Bonchev–Trinajstić information content (AvgIpc) is 2.80. The van der Waals surface area contributed by atoms with Crippen molar-refractivity contribution in [1.29, 1.82) is 0 Å². The molecule has 4 aromatic rings. The third kappa shape index (κ3) is 3.27. The second-order valence-corrected chi connectivity index (χ2v) is 8.52. The molecule has 1 aliphatic rings. The number of benzene rings is 3. The van der Waals surface area contributed by atoms with Crippen LogP contribution in [0.1, 0.15) is 31.8 Å². The Labute approximate surface area is 199 Å². The number of hydrogen-bond acceptors (Lipinski definition) is 6. The monoisotopic (exact) mass is 518 g/mol. The number of hydrogen-bond donors (Lipinski definition) is 2. The Morgan fingerprint density at radius 3 is 2.41 bits per heavy atom. The highest BCUT2D eigenvalue weighted by Gasteiger charge is 2.33. The summed E-state index contributed by atoms with van der Waals surface area (Å²) in [5.41, 5.74) is -0.456. The fraction of sp³-hybridized carbons (Fsp3) is 0.0417. The van der Waals surface area contributed by atoms with Crippen molar-refractivity contribution in [3.8, 4) is 11.6 Å². The number of carbonyl (C=O) groups is 2. The largest absolute Gasteiger partial charge is 0.493 e. The average molecular weight is 519 g/mol. The normalized spacial score (nSPS) is 13.3. The number of hydrazone groups is 1. The molecule has 0 bridgehead atoms. The minimum absolute atomic E-state index is 0.272. The molecule has 0 aliphatic carbocycles. The van der Waals surface area contributed by atoms with Crippen molar-refractivity contribution >= 4 is 44.7 Å². The Balaban J connectivity index is 1.62. The lowest BCUT2D eigenvalue weighted by Gasteiger charge is -2.23. The molecule has 9 nitrogen and oxygen atoms in total. The first-order valence-corrected chi connectivity index (χ1v) is 10.9. The van der Waals surface area contributed by atoms with Crippen LogP contribution in [0.4, 0.5) is 0 Å². The smallest absolute Gasteiger partial charge is 0.335 e. The van der Waals surface area contributed by atoms with Crippen LogP contribution < -0.4 is 11.2 Å². The van der Waals surface area contributed by atoms with Gasteiger partial charge in [-0.15, -0.1) is 0 Å². The number of imide groups is 1. The molecule has 0 saturated carbocycles. The first kappa shape index (κ1) is 21.5. The van der Waals surface area contributed by atoms with Crippen molar-refractivity contribution in [1.82, 2.24) is 14.6 Å². The maximum atomic E-state index is 13.1. The van der Waals surface area contributed by atoms with Gasteiger partial charge < -0.3 is 5.11 Å². The fourth-order valence-corrected chi connectivity index (χ4v) is 4.39. The summed E-state index contributed by atoms with van der Waals surface area (Å²) in [5, 5.41) is 16.5. The van der Waals surface area contributed by atoms with Gasteiger partial charge in [-0.05, 0) is 48.2 Å². The van der Waals surface area contributed by atoms with Gasteiger partial charge in [-0.3, -0.25) is 19.4 Å². The summed E-state index contributed by atoms with van der Waals surface area (Å²) in [4.78, 5) is 53.1. The quantitative estimate of drug-likeness (QED) is 0.318. The van der Waals surface area contributed by atoms with E-state index in [4.69, 9.17) is 0 Å². The molecule has 0 atom stereocenters. The molecule has 0 saturated heterocycles. The Hall–Kier alpha value is -4.31. The number of amides is 2. The summed E-state index contributed by atoms with van der Waals surface area (Å²) in [6.07, 6.45) is 0.889. The van der Waals surface area contributed by atoms with Crippen molar-refractivity contribution in [2.45, 2.75) is 6.92 Å². The van der Waals surface area contributed by atoms with Gasteiger partial charge in [0.15, 0.2) is 0 Å². The number of nitrogens with one attached hydrogen (secondary N) is 1. The molecule has 0 radical (unpaired) electrons. The van der Waals surface area contributed by atoms with Crippen LogP contribution in [0.3, 0.4) is 0 Å². The minimum atomic E-state index is -0.918. The Bertz CT molecular complexity index is 1660. The third-order valence-electron chi connectivity index (χ3n) is 5.52. The number of rotatable bonds is 3. The maximum absolute atomic E-state index is 13.1. The fourth-order valence-electron chi connectivity index (χ4n) is 3.93. The van der Waals surface area contributed by atoms with Crippen molar-refractivity contribution in [2.75, 3.05) is 0 Å². The molecular weight excluding hydrogens is 504 g/mol. The molecule has 0 fully saturated rings. The topological polar surface area (TPSA) is 125 Å². The number of aromatic hydroxyl groups is 1. The highest BCUT2D eigenvalue weighted by atomic mass is 79.9. The zero-order valence-electron chi connectivity index (χ0n) is 17.6. The highest BCUT2D eigenvalue weighted by molar-refractivity contribution is 9.10. The van der Waals surface area contributed by atoms with Crippen molar-refractivity contribution in [2.24, 2.45) is 5.10 Å². The molecular formula is C24H15BrN4O5. The molecule has 1 aromatic heterocycles. The van der Waals surface area contributed by atoms with Crippen LogP contribution in [-0.2, 0) is 0 Å². The van der Waals surface area contributed by atoms with Gasteiger partial charge >= 0.3 is 5.69 Å². The van der Waals surface area contributed by atoms with Crippen LogP contribution in [0.5, 0.6) is 5.88 Å². The molecule has 2 heterocycles. The predicted octanol–water partition coefficient (Wildman–Crippen LogP) is 3.09. The molecule has 10 heteroatoms. The lowest BCUT2D eigenvalue weighted by Crippen LogP contribution is -2.37. The predicted molar refractivity (Wildman–Crippen MR) is 129 cm³/mol. The van der Waals surface area contributed by atoms with E-state index in [2.05, 4.69) is 26.0 Å². The molecule has 5 rings (SSSR count). The first-order chi connectivity index (χ1) is 16.3. The SMILES string of the molecule is Cc1cccc(-n2c(O)c(/C=N/N3C(=O)c4cccc5c(Br)ccc(c45)C3=O)c(=O)[nH]c2=O)c1. The summed E-state index contributed by atoms with van der Waals surface area (Å²) < 4.78 is 1.64. The van der Waals surface area contributed by atoms with E-state index in [1.807, 2.05) is 13.0 Å². The zero-order valence-corrected chi connectivity index (χ0v) is 19.2. The summed E-state index contributed by atoms with van der Waals surface area (Å²) >= 11 is 3.43. The van der Waals surface area contributed by atoms with E-state index in [0.29, 0.717) is 21.5 Å². The van der Waals surface area contributed by atoms with Crippen molar-refractivity contribution < 1.29 is 14.7 Å². The van der Waals surface area contributed by atoms with Gasteiger partial charge in [-0.25, -0.2) is 9.36 Å².